The first-order valence-electron chi connectivity index (χ1n) is 6.60. The first-order valence-corrected chi connectivity index (χ1v) is 7.23. The van der Waals surface area contributed by atoms with Crippen molar-refractivity contribution in [3.05, 3.63) is 0 Å². The fourth-order valence-corrected chi connectivity index (χ4v) is 2.36. The fraction of sp³-hybridized carbons (Fsp3) is 0.769. The van der Waals surface area contributed by atoms with Gasteiger partial charge < -0.3 is 16.6 Å². The zero-order valence-electron chi connectivity index (χ0n) is 11.9. The molecule has 0 aromatic carbocycles. The number of carboxylic acid groups (broad SMARTS) is 1. The van der Waals surface area contributed by atoms with Crippen LogP contribution in [0.15, 0.2) is 0 Å². The Labute approximate surface area is 124 Å². The van der Waals surface area contributed by atoms with Gasteiger partial charge in [0.25, 0.3) is 0 Å². The lowest BCUT2D eigenvalue weighted by Gasteiger charge is -2.21. The summed E-state index contributed by atoms with van der Waals surface area (Å²) in [5, 5.41) is 8.99. The highest BCUT2D eigenvalue weighted by molar-refractivity contribution is 7.80. The van der Waals surface area contributed by atoms with E-state index in [1.807, 2.05) is 13.8 Å². The van der Waals surface area contributed by atoms with Crippen molar-refractivity contribution in [2.75, 3.05) is 12.3 Å². The Kier molecular flexibility index (Phi) is 8.68. The zero-order chi connectivity index (χ0) is 15.9. The second-order valence-corrected chi connectivity index (χ2v) is 5.68. The summed E-state index contributed by atoms with van der Waals surface area (Å²) in [7, 11) is 0. The Balaban J connectivity index is 4.78. The summed E-state index contributed by atoms with van der Waals surface area (Å²) in [4.78, 5) is 34.6. The van der Waals surface area contributed by atoms with E-state index in [9.17, 15) is 14.4 Å². The number of Topliss-reactive ketones (excluding diaryl/α,β-unsaturated/α-hetero) is 2. The van der Waals surface area contributed by atoms with Crippen LogP contribution in [0.2, 0.25) is 0 Å². The van der Waals surface area contributed by atoms with Crippen molar-refractivity contribution in [3.63, 3.8) is 0 Å². The maximum atomic E-state index is 12.2. The summed E-state index contributed by atoms with van der Waals surface area (Å²) in [5.74, 6) is -3.14. The number of aliphatic carboxylic acids is 1. The van der Waals surface area contributed by atoms with E-state index in [1.54, 1.807) is 0 Å². The van der Waals surface area contributed by atoms with Crippen LogP contribution in [0.3, 0.4) is 0 Å². The van der Waals surface area contributed by atoms with Gasteiger partial charge in [0.2, 0.25) is 0 Å². The molecule has 0 radical (unpaired) electrons. The van der Waals surface area contributed by atoms with Gasteiger partial charge in [-0.05, 0) is 18.8 Å². The molecule has 0 aromatic rings. The molecule has 20 heavy (non-hydrogen) atoms. The van der Waals surface area contributed by atoms with E-state index in [-0.39, 0.29) is 24.7 Å². The Bertz CT molecular complexity index is 360. The highest BCUT2D eigenvalue weighted by atomic mass is 32.1. The number of hydrogen-bond donors (Lipinski definition) is 4. The average molecular weight is 304 g/mol. The smallest absolute Gasteiger partial charge is 0.314 e. The SMILES string of the molecule is CC(C)CC(CS)C(=O)C(N)CC(C(=O)O)C(=O)CN. The highest BCUT2D eigenvalue weighted by Crippen LogP contribution is 2.18. The third kappa shape index (κ3) is 6.02. The van der Waals surface area contributed by atoms with E-state index >= 15 is 0 Å². The van der Waals surface area contributed by atoms with Gasteiger partial charge in [0.05, 0.1) is 12.6 Å². The van der Waals surface area contributed by atoms with Gasteiger partial charge in [-0.15, -0.1) is 0 Å². The highest BCUT2D eigenvalue weighted by Gasteiger charge is 2.32. The van der Waals surface area contributed by atoms with Crippen LogP contribution in [0, 0.1) is 17.8 Å². The second-order valence-electron chi connectivity index (χ2n) is 5.31. The zero-order valence-corrected chi connectivity index (χ0v) is 12.8. The molecule has 0 bridgehead atoms. The van der Waals surface area contributed by atoms with Crippen LogP contribution < -0.4 is 11.5 Å². The molecule has 6 nitrogen and oxygen atoms in total. The molecule has 0 aromatic heterocycles. The lowest BCUT2D eigenvalue weighted by atomic mass is 9.86. The molecule has 5 N–H and O–H groups in total. The van der Waals surface area contributed by atoms with Crippen molar-refractivity contribution >= 4 is 30.2 Å². The standard InChI is InChI=1S/C13H24N2O4S/c1-7(2)3-8(6-20)12(17)10(15)4-9(13(18)19)11(16)5-14/h7-10,20H,3-6,14-15H2,1-2H3,(H,18,19). The minimum atomic E-state index is -1.32. The minimum absolute atomic E-state index is 0.216. The van der Waals surface area contributed by atoms with E-state index in [1.165, 1.54) is 0 Å². The largest absolute Gasteiger partial charge is 0.481 e. The summed E-state index contributed by atoms with van der Waals surface area (Å²) >= 11 is 4.13. The molecule has 0 amide bonds. The van der Waals surface area contributed by atoms with Gasteiger partial charge in [0.15, 0.2) is 11.6 Å². The average Bonchev–Trinajstić information content (AvgIpc) is 2.39. The lowest BCUT2D eigenvalue weighted by molar-refractivity contribution is -0.146. The van der Waals surface area contributed by atoms with Crippen LogP contribution in [0.25, 0.3) is 0 Å². The number of thiol groups is 1. The number of carboxylic acids is 1. The number of hydrogen-bond acceptors (Lipinski definition) is 6. The van der Waals surface area contributed by atoms with E-state index in [0.29, 0.717) is 18.1 Å². The van der Waals surface area contributed by atoms with Gasteiger partial charge in [-0.2, -0.15) is 12.6 Å². The number of ketones is 2. The molecule has 0 aliphatic heterocycles. The fourth-order valence-electron chi connectivity index (χ4n) is 2.03. The summed E-state index contributed by atoms with van der Waals surface area (Å²) in [6.07, 6.45) is 0.422. The molecule has 0 aliphatic rings. The number of nitrogens with two attached hydrogens (primary N) is 2. The van der Waals surface area contributed by atoms with Crippen molar-refractivity contribution in [2.45, 2.75) is 32.7 Å². The third-order valence-corrected chi connectivity index (χ3v) is 3.56. The molecular weight excluding hydrogens is 280 g/mol. The molecule has 3 unspecified atom stereocenters. The third-order valence-electron chi connectivity index (χ3n) is 3.12. The maximum absolute atomic E-state index is 12.2. The van der Waals surface area contributed by atoms with Gasteiger partial charge in [-0.1, -0.05) is 13.8 Å². The summed E-state index contributed by atoms with van der Waals surface area (Å²) < 4.78 is 0. The van der Waals surface area contributed by atoms with Gasteiger partial charge >= 0.3 is 5.97 Å². The molecule has 0 rings (SSSR count). The molecule has 0 heterocycles. The molecule has 116 valence electrons. The van der Waals surface area contributed by atoms with Gasteiger partial charge in [-0.3, -0.25) is 14.4 Å². The van der Waals surface area contributed by atoms with Crippen molar-refractivity contribution < 1.29 is 19.5 Å². The quantitative estimate of drug-likeness (QED) is 0.335. The van der Waals surface area contributed by atoms with Crippen LogP contribution in [0.1, 0.15) is 26.7 Å². The van der Waals surface area contributed by atoms with Gasteiger partial charge in [0.1, 0.15) is 5.92 Å². The monoisotopic (exact) mass is 304 g/mol. The van der Waals surface area contributed by atoms with Crippen LogP contribution >= 0.6 is 12.6 Å². The Hall–Kier alpha value is -0.920. The first kappa shape index (κ1) is 19.1. The molecule has 7 heteroatoms. The van der Waals surface area contributed by atoms with Crippen LogP contribution in [0.4, 0.5) is 0 Å². The molecule has 0 saturated heterocycles. The summed E-state index contributed by atoms with van der Waals surface area (Å²) in [6.45, 7) is 3.58. The van der Waals surface area contributed by atoms with Crippen LogP contribution in [-0.4, -0.2) is 41.0 Å². The van der Waals surface area contributed by atoms with Crippen molar-refractivity contribution in [3.8, 4) is 0 Å². The minimum Gasteiger partial charge on any atom is -0.481 e. The first-order chi connectivity index (χ1) is 9.24. The number of rotatable bonds is 10. The van der Waals surface area contributed by atoms with E-state index in [4.69, 9.17) is 16.6 Å². The molecule has 0 fully saturated rings. The number of carbonyl (C=O) groups excluding carboxylic acids is 2. The van der Waals surface area contributed by atoms with Gasteiger partial charge in [0, 0.05) is 11.7 Å². The molecule has 0 aliphatic carbocycles. The Morgan fingerprint density at radius 3 is 2.10 bits per heavy atom. The van der Waals surface area contributed by atoms with E-state index < -0.39 is 23.7 Å². The molecule has 3 atom stereocenters. The van der Waals surface area contributed by atoms with Crippen molar-refractivity contribution in [2.24, 2.45) is 29.2 Å². The second kappa shape index (κ2) is 9.10. The number of carbonyl (C=O) groups is 3. The van der Waals surface area contributed by atoms with Crippen LogP contribution in [0.5, 0.6) is 0 Å². The lowest BCUT2D eigenvalue weighted by Crippen LogP contribution is -2.42. The van der Waals surface area contributed by atoms with E-state index in [0.717, 1.165) is 0 Å². The molecular formula is C13H24N2O4S. The normalized spacial score (nSPS) is 15.7. The van der Waals surface area contributed by atoms with E-state index in [2.05, 4.69) is 12.6 Å². The van der Waals surface area contributed by atoms with Crippen molar-refractivity contribution in [1.82, 2.24) is 0 Å². The van der Waals surface area contributed by atoms with Gasteiger partial charge in [-0.25, -0.2) is 0 Å². The topological polar surface area (TPSA) is 123 Å². The Morgan fingerprint density at radius 2 is 1.75 bits per heavy atom. The Morgan fingerprint density at radius 1 is 1.20 bits per heavy atom. The maximum Gasteiger partial charge on any atom is 0.314 e. The predicted octanol–water partition coefficient (Wildman–Crippen LogP) is 0.0936. The summed E-state index contributed by atoms with van der Waals surface area (Å²) in [5.41, 5.74) is 10.9. The van der Waals surface area contributed by atoms with Crippen LogP contribution in [-0.2, 0) is 14.4 Å². The summed E-state index contributed by atoms with van der Waals surface area (Å²) in [6, 6.07) is -0.984. The van der Waals surface area contributed by atoms with Crippen molar-refractivity contribution in [1.29, 1.82) is 0 Å². The molecule has 0 saturated carbocycles. The molecule has 0 spiro atoms. The predicted molar refractivity (Wildman–Crippen MR) is 79.6 cm³/mol.